The number of rotatable bonds is 5. The van der Waals surface area contributed by atoms with Crippen LogP contribution >= 0.6 is 0 Å². The first-order chi connectivity index (χ1) is 12.1. The van der Waals surface area contributed by atoms with Gasteiger partial charge in [-0.05, 0) is 37.8 Å². The number of fused-ring (bicyclic) bond motifs is 1. The molecule has 1 aromatic carbocycles. The lowest BCUT2D eigenvalue weighted by Gasteiger charge is -2.22. The van der Waals surface area contributed by atoms with Crippen molar-refractivity contribution in [2.75, 3.05) is 6.61 Å². The summed E-state index contributed by atoms with van der Waals surface area (Å²) in [7, 11) is 0. The summed E-state index contributed by atoms with van der Waals surface area (Å²) < 4.78 is 7.65. The summed E-state index contributed by atoms with van der Waals surface area (Å²) in [5.41, 5.74) is -0.223. The summed E-state index contributed by atoms with van der Waals surface area (Å²) in [5, 5.41) is 0.460. The van der Waals surface area contributed by atoms with E-state index in [1.54, 1.807) is 31.2 Å². The average molecular weight is 344 g/mol. The molecule has 0 aliphatic heterocycles. The van der Waals surface area contributed by atoms with E-state index in [9.17, 15) is 14.4 Å². The molecule has 0 spiro atoms. The van der Waals surface area contributed by atoms with E-state index in [2.05, 4.69) is 0 Å². The molecule has 25 heavy (non-hydrogen) atoms. The summed E-state index contributed by atoms with van der Waals surface area (Å²) in [6.45, 7) is 2.22. The minimum absolute atomic E-state index is 0.182. The van der Waals surface area contributed by atoms with Gasteiger partial charge in [-0.1, -0.05) is 31.4 Å². The van der Waals surface area contributed by atoms with E-state index in [4.69, 9.17) is 4.74 Å². The molecule has 1 aromatic heterocycles. The van der Waals surface area contributed by atoms with Gasteiger partial charge >= 0.3 is 11.7 Å². The van der Waals surface area contributed by atoms with Crippen molar-refractivity contribution >= 4 is 16.9 Å². The van der Waals surface area contributed by atoms with Crippen molar-refractivity contribution < 1.29 is 9.53 Å². The maximum absolute atomic E-state index is 12.9. The predicted molar refractivity (Wildman–Crippen MR) is 95.7 cm³/mol. The number of para-hydroxylation sites is 1. The molecule has 3 rings (SSSR count). The van der Waals surface area contributed by atoms with E-state index in [-0.39, 0.29) is 18.7 Å². The molecule has 0 atom stereocenters. The molecule has 0 saturated heterocycles. The van der Waals surface area contributed by atoms with E-state index in [1.807, 2.05) is 0 Å². The van der Waals surface area contributed by atoms with Gasteiger partial charge in [0.25, 0.3) is 5.56 Å². The molecule has 1 aliphatic carbocycles. The van der Waals surface area contributed by atoms with Crippen molar-refractivity contribution in [3.05, 3.63) is 45.1 Å². The summed E-state index contributed by atoms with van der Waals surface area (Å²) in [4.78, 5) is 37.7. The number of nitrogens with zero attached hydrogens (tertiary/aromatic N) is 2. The summed E-state index contributed by atoms with van der Waals surface area (Å²) in [6, 6.07) is 6.93. The Bertz CT molecular complexity index is 875. The molecule has 134 valence electrons. The highest BCUT2D eigenvalue weighted by Crippen LogP contribution is 2.24. The third-order valence-electron chi connectivity index (χ3n) is 4.89. The van der Waals surface area contributed by atoms with Gasteiger partial charge in [0.05, 0.1) is 17.5 Å². The molecule has 0 bridgehead atoms. The maximum atomic E-state index is 12.9. The second-order valence-electron chi connectivity index (χ2n) is 6.61. The first-order valence-corrected chi connectivity index (χ1v) is 8.99. The number of ether oxygens (including phenoxy) is 1. The SMILES string of the molecule is CCOC(=O)Cn1c(=O)n(CC2CCCCC2)c(=O)c2ccccc21. The molecule has 0 N–H and O–H groups in total. The van der Waals surface area contributed by atoms with Crippen molar-refractivity contribution in [2.24, 2.45) is 5.92 Å². The number of hydrogen-bond acceptors (Lipinski definition) is 4. The standard InChI is InChI=1S/C19H24N2O4/c1-2-25-17(22)13-20-16-11-7-6-10-15(16)18(23)21(19(20)24)12-14-8-4-3-5-9-14/h6-7,10-11,14H,2-5,8-9,12-13H2,1H3. The molecule has 1 aliphatic rings. The first-order valence-electron chi connectivity index (χ1n) is 8.99. The van der Waals surface area contributed by atoms with Gasteiger partial charge in [0.2, 0.25) is 0 Å². The topological polar surface area (TPSA) is 70.3 Å². The van der Waals surface area contributed by atoms with Crippen LogP contribution in [-0.2, 0) is 22.6 Å². The Morgan fingerprint density at radius 2 is 1.84 bits per heavy atom. The molecular weight excluding hydrogens is 320 g/mol. The fraction of sp³-hybridized carbons (Fsp3) is 0.526. The van der Waals surface area contributed by atoms with Crippen LogP contribution in [0.5, 0.6) is 0 Å². The summed E-state index contributed by atoms with van der Waals surface area (Å²) >= 11 is 0. The Kier molecular flexibility index (Phi) is 5.36. The summed E-state index contributed by atoms with van der Waals surface area (Å²) in [5.74, 6) is -0.131. The van der Waals surface area contributed by atoms with E-state index in [0.717, 1.165) is 25.7 Å². The second kappa shape index (κ2) is 7.68. The van der Waals surface area contributed by atoms with Crippen LogP contribution in [0, 0.1) is 5.92 Å². The van der Waals surface area contributed by atoms with Gasteiger partial charge in [-0.3, -0.25) is 18.7 Å². The number of hydrogen-bond donors (Lipinski definition) is 0. The highest BCUT2D eigenvalue weighted by Gasteiger charge is 2.20. The van der Waals surface area contributed by atoms with Crippen LogP contribution in [0.1, 0.15) is 39.0 Å². The smallest absolute Gasteiger partial charge is 0.332 e. The van der Waals surface area contributed by atoms with E-state index >= 15 is 0 Å². The van der Waals surface area contributed by atoms with Crippen LogP contribution in [0.25, 0.3) is 10.9 Å². The van der Waals surface area contributed by atoms with Crippen molar-refractivity contribution in [3.8, 4) is 0 Å². The predicted octanol–water partition coefficient (Wildman–Crippen LogP) is 2.31. The Morgan fingerprint density at radius 3 is 2.56 bits per heavy atom. The number of benzene rings is 1. The number of carbonyl (C=O) groups is 1. The van der Waals surface area contributed by atoms with Gasteiger partial charge in [-0.25, -0.2) is 4.79 Å². The highest BCUT2D eigenvalue weighted by molar-refractivity contribution is 5.79. The summed E-state index contributed by atoms with van der Waals surface area (Å²) in [6.07, 6.45) is 5.58. The Labute approximate surface area is 146 Å². The molecule has 1 heterocycles. The fourth-order valence-corrected chi connectivity index (χ4v) is 3.65. The Morgan fingerprint density at radius 1 is 1.12 bits per heavy atom. The van der Waals surface area contributed by atoms with Crippen molar-refractivity contribution in [3.63, 3.8) is 0 Å². The minimum atomic E-state index is -0.474. The first kappa shape index (κ1) is 17.5. The molecule has 0 radical (unpaired) electrons. The average Bonchev–Trinajstić information content (AvgIpc) is 2.63. The van der Waals surface area contributed by atoms with Crippen LogP contribution < -0.4 is 11.2 Å². The van der Waals surface area contributed by atoms with E-state index in [0.29, 0.717) is 23.4 Å². The lowest BCUT2D eigenvalue weighted by atomic mass is 9.89. The van der Waals surface area contributed by atoms with E-state index < -0.39 is 11.7 Å². The van der Waals surface area contributed by atoms with Crippen LogP contribution in [0.15, 0.2) is 33.9 Å². The molecule has 1 saturated carbocycles. The second-order valence-corrected chi connectivity index (χ2v) is 6.61. The molecular formula is C19H24N2O4. The third-order valence-corrected chi connectivity index (χ3v) is 4.89. The number of aromatic nitrogens is 2. The molecule has 6 heteroatoms. The third kappa shape index (κ3) is 3.67. The lowest BCUT2D eigenvalue weighted by Crippen LogP contribution is -2.42. The van der Waals surface area contributed by atoms with Gasteiger partial charge in [-0.15, -0.1) is 0 Å². The zero-order valence-electron chi connectivity index (χ0n) is 14.6. The quantitative estimate of drug-likeness (QED) is 0.781. The molecule has 0 amide bonds. The van der Waals surface area contributed by atoms with Gasteiger partial charge < -0.3 is 4.74 Å². The van der Waals surface area contributed by atoms with Crippen LogP contribution in [0.2, 0.25) is 0 Å². The number of carbonyl (C=O) groups excluding carboxylic acids is 1. The van der Waals surface area contributed by atoms with Gasteiger partial charge in [0, 0.05) is 6.54 Å². The Hall–Kier alpha value is -2.37. The molecule has 1 fully saturated rings. The molecule has 2 aromatic rings. The zero-order chi connectivity index (χ0) is 17.8. The molecule has 0 unspecified atom stereocenters. The lowest BCUT2D eigenvalue weighted by molar-refractivity contribution is -0.143. The normalized spacial score (nSPS) is 15.4. The van der Waals surface area contributed by atoms with Gasteiger partial charge in [0.15, 0.2) is 0 Å². The Balaban J connectivity index is 2.08. The van der Waals surface area contributed by atoms with Crippen LogP contribution in [0.3, 0.4) is 0 Å². The van der Waals surface area contributed by atoms with Crippen molar-refractivity contribution in [2.45, 2.75) is 52.1 Å². The largest absolute Gasteiger partial charge is 0.465 e. The maximum Gasteiger partial charge on any atom is 0.332 e. The van der Waals surface area contributed by atoms with E-state index in [1.165, 1.54) is 15.6 Å². The van der Waals surface area contributed by atoms with Gasteiger partial charge in [-0.2, -0.15) is 0 Å². The van der Waals surface area contributed by atoms with Crippen molar-refractivity contribution in [1.29, 1.82) is 0 Å². The zero-order valence-corrected chi connectivity index (χ0v) is 14.6. The highest BCUT2D eigenvalue weighted by atomic mass is 16.5. The number of esters is 1. The van der Waals surface area contributed by atoms with Crippen LogP contribution in [0.4, 0.5) is 0 Å². The monoisotopic (exact) mass is 344 g/mol. The minimum Gasteiger partial charge on any atom is -0.465 e. The van der Waals surface area contributed by atoms with Crippen molar-refractivity contribution in [1.82, 2.24) is 9.13 Å². The molecule has 6 nitrogen and oxygen atoms in total. The fourth-order valence-electron chi connectivity index (χ4n) is 3.65. The van der Waals surface area contributed by atoms with Gasteiger partial charge in [0.1, 0.15) is 6.54 Å². The van der Waals surface area contributed by atoms with Crippen LogP contribution in [-0.4, -0.2) is 21.7 Å².